The summed E-state index contributed by atoms with van der Waals surface area (Å²) in [6.45, 7) is 2.46. The van der Waals surface area contributed by atoms with Crippen LogP contribution in [0, 0.1) is 0 Å². The van der Waals surface area contributed by atoms with Crippen molar-refractivity contribution in [3.05, 3.63) is 24.2 Å². The number of amides is 1. The van der Waals surface area contributed by atoms with Crippen LogP contribution in [0.5, 0.6) is 0 Å². The number of hydrogen-bond donors (Lipinski definition) is 2. The van der Waals surface area contributed by atoms with Gasteiger partial charge in [0, 0.05) is 19.2 Å². The number of hydrogen-bond acceptors (Lipinski definition) is 3. The normalized spacial score (nSPS) is 11.6. The SMILES string of the molecule is CNC(=O)[C@@H](C)NCc1ccoc1.Cl. The van der Waals surface area contributed by atoms with Crippen LogP contribution in [0.4, 0.5) is 0 Å². The molecular formula is C9H15ClN2O2. The zero-order valence-electron chi connectivity index (χ0n) is 8.24. The minimum Gasteiger partial charge on any atom is -0.472 e. The quantitative estimate of drug-likeness (QED) is 0.791. The molecule has 1 atom stereocenters. The molecule has 0 bridgehead atoms. The van der Waals surface area contributed by atoms with Gasteiger partial charge < -0.3 is 15.1 Å². The Labute approximate surface area is 89.5 Å². The van der Waals surface area contributed by atoms with Crippen LogP contribution in [0.1, 0.15) is 12.5 Å². The van der Waals surface area contributed by atoms with E-state index in [1.807, 2.05) is 13.0 Å². The highest BCUT2D eigenvalue weighted by molar-refractivity contribution is 5.85. The zero-order chi connectivity index (χ0) is 9.68. The summed E-state index contributed by atoms with van der Waals surface area (Å²) in [5.74, 6) is -0.0107. The summed E-state index contributed by atoms with van der Waals surface area (Å²) in [4.78, 5) is 11.1. The summed E-state index contributed by atoms with van der Waals surface area (Å²) in [7, 11) is 1.62. The lowest BCUT2D eigenvalue weighted by Gasteiger charge is -2.10. The minimum absolute atomic E-state index is 0. The number of furan rings is 1. The van der Waals surface area contributed by atoms with E-state index in [0.29, 0.717) is 6.54 Å². The molecule has 0 aliphatic heterocycles. The van der Waals surface area contributed by atoms with Crippen molar-refractivity contribution >= 4 is 18.3 Å². The van der Waals surface area contributed by atoms with Crippen molar-refractivity contribution in [2.24, 2.45) is 0 Å². The third-order valence-electron chi connectivity index (χ3n) is 1.83. The number of likely N-dealkylation sites (N-methyl/N-ethyl adjacent to an activating group) is 1. The monoisotopic (exact) mass is 218 g/mol. The van der Waals surface area contributed by atoms with Crippen LogP contribution in [0.15, 0.2) is 23.0 Å². The van der Waals surface area contributed by atoms with Crippen LogP contribution in [0.2, 0.25) is 0 Å². The van der Waals surface area contributed by atoms with Crippen LogP contribution < -0.4 is 10.6 Å². The van der Waals surface area contributed by atoms with E-state index >= 15 is 0 Å². The molecule has 5 heteroatoms. The summed E-state index contributed by atoms with van der Waals surface area (Å²) >= 11 is 0. The average molecular weight is 219 g/mol. The van der Waals surface area contributed by atoms with Crippen molar-refractivity contribution in [3.63, 3.8) is 0 Å². The fourth-order valence-corrected chi connectivity index (χ4v) is 0.973. The molecule has 0 aromatic carbocycles. The van der Waals surface area contributed by atoms with Crippen molar-refractivity contribution < 1.29 is 9.21 Å². The first-order chi connectivity index (χ1) is 6.24. The highest BCUT2D eigenvalue weighted by Crippen LogP contribution is 1.99. The van der Waals surface area contributed by atoms with Crippen molar-refractivity contribution in [2.75, 3.05) is 7.05 Å². The van der Waals surface area contributed by atoms with Crippen LogP contribution >= 0.6 is 12.4 Å². The predicted molar refractivity (Wildman–Crippen MR) is 56.3 cm³/mol. The van der Waals surface area contributed by atoms with Gasteiger partial charge in [0.25, 0.3) is 0 Å². The second kappa shape index (κ2) is 6.45. The van der Waals surface area contributed by atoms with Gasteiger partial charge in [0.2, 0.25) is 5.91 Å². The van der Waals surface area contributed by atoms with Gasteiger partial charge in [0.1, 0.15) is 0 Å². The van der Waals surface area contributed by atoms with Gasteiger partial charge in [-0.3, -0.25) is 4.79 Å². The Bertz CT molecular complexity index is 262. The Morgan fingerprint density at radius 1 is 1.64 bits per heavy atom. The van der Waals surface area contributed by atoms with Gasteiger partial charge in [-0.25, -0.2) is 0 Å². The number of carbonyl (C=O) groups excluding carboxylic acids is 1. The lowest BCUT2D eigenvalue weighted by Crippen LogP contribution is -2.40. The Kier molecular flexibility index (Phi) is 5.99. The second-order valence-electron chi connectivity index (χ2n) is 2.85. The molecule has 0 radical (unpaired) electrons. The highest BCUT2D eigenvalue weighted by Gasteiger charge is 2.09. The first kappa shape index (κ1) is 13.0. The molecule has 1 rings (SSSR count). The summed E-state index contributed by atoms with van der Waals surface area (Å²) in [6, 6.07) is 1.68. The molecule has 0 saturated heterocycles. The fourth-order valence-electron chi connectivity index (χ4n) is 0.973. The molecule has 0 aliphatic carbocycles. The minimum atomic E-state index is -0.181. The van der Waals surface area contributed by atoms with E-state index in [0.717, 1.165) is 5.56 Å². The summed E-state index contributed by atoms with van der Waals surface area (Å²) in [6.07, 6.45) is 3.27. The Hall–Kier alpha value is -1.00. The zero-order valence-corrected chi connectivity index (χ0v) is 9.06. The van der Waals surface area contributed by atoms with E-state index in [4.69, 9.17) is 4.42 Å². The van der Waals surface area contributed by atoms with Crippen molar-refractivity contribution in [1.82, 2.24) is 10.6 Å². The van der Waals surface area contributed by atoms with E-state index in [-0.39, 0.29) is 24.4 Å². The van der Waals surface area contributed by atoms with E-state index in [1.54, 1.807) is 19.6 Å². The van der Waals surface area contributed by atoms with Crippen LogP contribution in [0.25, 0.3) is 0 Å². The van der Waals surface area contributed by atoms with Gasteiger partial charge in [-0.15, -0.1) is 12.4 Å². The standard InChI is InChI=1S/C9H14N2O2.ClH/c1-7(9(12)10-2)11-5-8-3-4-13-6-8;/h3-4,6-7,11H,5H2,1-2H3,(H,10,12);1H/t7-;/m1./s1. The maximum atomic E-state index is 11.1. The number of carbonyl (C=O) groups is 1. The van der Waals surface area contributed by atoms with E-state index in [2.05, 4.69) is 10.6 Å². The van der Waals surface area contributed by atoms with Crippen LogP contribution in [-0.2, 0) is 11.3 Å². The predicted octanol–water partition coefficient (Wildman–Crippen LogP) is 0.925. The maximum Gasteiger partial charge on any atom is 0.236 e. The van der Waals surface area contributed by atoms with Crippen molar-refractivity contribution in [1.29, 1.82) is 0 Å². The number of nitrogens with one attached hydrogen (secondary N) is 2. The summed E-state index contributed by atoms with van der Waals surface area (Å²) in [5, 5.41) is 5.63. The van der Waals surface area contributed by atoms with E-state index < -0.39 is 0 Å². The van der Waals surface area contributed by atoms with E-state index in [1.165, 1.54) is 0 Å². The van der Waals surface area contributed by atoms with Crippen LogP contribution in [0.3, 0.4) is 0 Å². The largest absolute Gasteiger partial charge is 0.472 e. The Balaban J connectivity index is 0.00000169. The molecule has 0 fully saturated rings. The van der Waals surface area contributed by atoms with Gasteiger partial charge in [-0.1, -0.05) is 0 Å². The molecule has 14 heavy (non-hydrogen) atoms. The van der Waals surface area contributed by atoms with Gasteiger partial charge in [0.05, 0.1) is 18.6 Å². The molecule has 0 saturated carbocycles. The topological polar surface area (TPSA) is 54.3 Å². The number of halogens is 1. The number of rotatable bonds is 4. The first-order valence-corrected chi connectivity index (χ1v) is 4.20. The first-order valence-electron chi connectivity index (χ1n) is 4.20. The molecular weight excluding hydrogens is 204 g/mol. The maximum absolute atomic E-state index is 11.1. The highest BCUT2D eigenvalue weighted by atomic mass is 35.5. The third kappa shape index (κ3) is 3.81. The summed E-state index contributed by atoms with van der Waals surface area (Å²) < 4.78 is 4.89. The van der Waals surface area contributed by atoms with Crippen molar-refractivity contribution in [2.45, 2.75) is 19.5 Å². The molecule has 1 heterocycles. The van der Waals surface area contributed by atoms with Crippen molar-refractivity contribution in [3.8, 4) is 0 Å². The lowest BCUT2D eigenvalue weighted by atomic mass is 10.3. The third-order valence-corrected chi connectivity index (χ3v) is 1.83. The fraction of sp³-hybridized carbons (Fsp3) is 0.444. The second-order valence-corrected chi connectivity index (χ2v) is 2.85. The smallest absolute Gasteiger partial charge is 0.236 e. The molecule has 0 unspecified atom stereocenters. The average Bonchev–Trinajstić information content (AvgIpc) is 2.65. The van der Waals surface area contributed by atoms with Gasteiger partial charge >= 0.3 is 0 Å². The van der Waals surface area contributed by atoms with Gasteiger partial charge in [-0.2, -0.15) is 0 Å². The van der Waals surface area contributed by atoms with Gasteiger partial charge in [0.15, 0.2) is 0 Å². The van der Waals surface area contributed by atoms with E-state index in [9.17, 15) is 4.79 Å². The lowest BCUT2D eigenvalue weighted by molar-refractivity contribution is -0.122. The Morgan fingerprint density at radius 3 is 2.86 bits per heavy atom. The molecule has 1 amide bonds. The molecule has 80 valence electrons. The molecule has 1 aromatic rings. The molecule has 4 nitrogen and oxygen atoms in total. The Morgan fingerprint density at radius 2 is 2.36 bits per heavy atom. The molecule has 1 aromatic heterocycles. The molecule has 2 N–H and O–H groups in total. The molecule has 0 aliphatic rings. The molecule has 0 spiro atoms. The van der Waals surface area contributed by atoms with Crippen LogP contribution in [-0.4, -0.2) is 19.0 Å². The summed E-state index contributed by atoms with van der Waals surface area (Å²) in [5.41, 5.74) is 1.04. The van der Waals surface area contributed by atoms with Gasteiger partial charge in [-0.05, 0) is 13.0 Å².